The van der Waals surface area contributed by atoms with Crippen molar-refractivity contribution in [2.24, 2.45) is 12.2 Å². The Morgan fingerprint density at radius 1 is 1.45 bits per heavy atom. The number of carbonyl (C=O) groups excluding carboxylic acids is 1. The maximum Gasteiger partial charge on any atom is 0.435 e. The van der Waals surface area contributed by atoms with E-state index < -0.39 is 24.2 Å². The van der Waals surface area contributed by atoms with Crippen LogP contribution in [-0.4, -0.2) is 40.0 Å². The van der Waals surface area contributed by atoms with Gasteiger partial charge >= 0.3 is 6.18 Å². The smallest absolute Gasteiger partial charge is 0.399 e. The zero-order chi connectivity index (χ0) is 21.6. The summed E-state index contributed by atoms with van der Waals surface area (Å²) in [6.45, 7) is 1.52. The third-order valence-electron chi connectivity index (χ3n) is 3.56. The summed E-state index contributed by atoms with van der Waals surface area (Å²) < 4.78 is 40.0. The van der Waals surface area contributed by atoms with Crippen LogP contribution in [0.25, 0.3) is 0 Å². The number of nitrogens with one attached hydrogen (secondary N) is 1. The largest absolute Gasteiger partial charge is 0.435 e. The molecule has 0 aliphatic rings. The standard InChI is InChI=1S/C18H17ClF3N5O2/c1-4-5-11-6-13(19)16(24-8-11)14(26-29-3)9-23-15(28)7-12-10-27(2)25-17(12)18(20,21)22/h6,8,10H,7,9H2,1-3H3,(H,23,28)/b26-14+. The van der Waals surface area contributed by atoms with Gasteiger partial charge in [-0.25, -0.2) is 0 Å². The molecule has 0 fully saturated rings. The molecule has 11 heteroatoms. The van der Waals surface area contributed by atoms with E-state index in [4.69, 9.17) is 16.4 Å². The molecule has 2 heterocycles. The Labute approximate surface area is 169 Å². The van der Waals surface area contributed by atoms with Crippen molar-refractivity contribution in [1.29, 1.82) is 0 Å². The van der Waals surface area contributed by atoms with E-state index >= 15 is 0 Å². The molecule has 0 atom stereocenters. The lowest BCUT2D eigenvalue weighted by Gasteiger charge is -2.10. The van der Waals surface area contributed by atoms with Crippen LogP contribution in [0.1, 0.15) is 29.4 Å². The van der Waals surface area contributed by atoms with E-state index in [0.717, 1.165) is 10.9 Å². The van der Waals surface area contributed by atoms with Gasteiger partial charge in [0.05, 0.1) is 18.0 Å². The number of hydrogen-bond acceptors (Lipinski definition) is 5. The van der Waals surface area contributed by atoms with Crippen LogP contribution in [-0.2, 0) is 29.3 Å². The second kappa shape index (κ2) is 9.43. The first-order valence-electron chi connectivity index (χ1n) is 8.20. The van der Waals surface area contributed by atoms with Gasteiger partial charge in [-0.3, -0.25) is 14.5 Å². The number of amides is 1. The molecule has 1 amide bonds. The molecule has 7 nitrogen and oxygen atoms in total. The number of aromatic nitrogens is 3. The summed E-state index contributed by atoms with van der Waals surface area (Å²) in [6, 6.07) is 1.58. The molecule has 0 spiro atoms. The maximum atomic E-state index is 13.0. The first kappa shape index (κ1) is 22.2. The highest BCUT2D eigenvalue weighted by atomic mass is 35.5. The average Bonchev–Trinajstić information content (AvgIpc) is 3.00. The lowest BCUT2D eigenvalue weighted by molar-refractivity contribution is -0.142. The second-order valence-electron chi connectivity index (χ2n) is 5.78. The molecule has 0 saturated heterocycles. The zero-order valence-electron chi connectivity index (χ0n) is 15.8. The Hall–Kier alpha value is -3.06. The van der Waals surface area contributed by atoms with Gasteiger partial charge in [0.25, 0.3) is 0 Å². The predicted octanol–water partition coefficient (Wildman–Crippen LogP) is 2.57. The van der Waals surface area contributed by atoms with Crippen molar-refractivity contribution in [3.8, 4) is 11.8 Å². The molecule has 154 valence electrons. The molecule has 0 saturated carbocycles. The molecule has 0 bridgehead atoms. The molecule has 0 aliphatic heterocycles. The van der Waals surface area contributed by atoms with E-state index in [1.165, 1.54) is 20.4 Å². The molecular formula is C18H17ClF3N5O2. The van der Waals surface area contributed by atoms with Crippen LogP contribution in [0.15, 0.2) is 23.6 Å². The molecule has 2 aromatic rings. The topological polar surface area (TPSA) is 81.4 Å². The monoisotopic (exact) mass is 427 g/mol. The molecule has 2 aromatic heterocycles. The lowest BCUT2D eigenvalue weighted by Crippen LogP contribution is -2.32. The first-order chi connectivity index (χ1) is 13.7. The van der Waals surface area contributed by atoms with Crippen molar-refractivity contribution in [2.75, 3.05) is 13.7 Å². The predicted molar refractivity (Wildman–Crippen MR) is 100 cm³/mol. The third-order valence-corrected chi connectivity index (χ3v) is 3.85. The normalized spacial score (nSPS) is 11.6. The number of nitrogens with zero attached hydrogens (tertiary/aromatic N) is 4. The van der Waals surface area contributed by atoms with Crippen LogP contribution in [0.5, 0.6) is 0 Å². The quantitative estimate of drug-likeness (QED) is 0.436. The summed E-state index contributed by atoms with van der Waals surface area (Å²) >= 11 is 6.20. The number of aryl methyl sites for hydroxylation is 1. The van der Waals surface area contributed by atoms with Crippen molar-refractivity contribution in [3.05, 3.63) is 46.0 Å². The van der Waals surface area contributed by atoms with Gasteiger partial charge in [0.1, 0.15) is 18.5 Å². The summed E-state index contributed by atoms with van der Waals surface area (Å²) in [7, 11) is 2.65. The van der Waals surface area contributed by atoms with Gasteiger partial charge in [-0.15, -0.1) is 5.92 Å². The first-order valence-corrected chi connectivity index (χ1v) is 8.58. The molecule has 0 unspecified atom stereocenters. The number of oxime groups is 1. The minimum Gasteiger partial charge on any atom is -0.399 e. The number of carbonyl (C=O) groups is 1. The highest BCUT2D eigenvalue weighted by molar-refractivity contribution is 6.34. The van der Waals surface area contributed by atoms with E-state index in [1.807, 2.05) is 0 Å². The Morgan fingerprint density at radius 3 is 2.76 bits per heavy atom. The number of hydrogen-bond donors (Lipinski definition) is 1. The van der Waals surface area contributed by atoms with E-state index in [2.05, 4.69) is 32.4 Å². The number of halogens is 4. The Morgan fingerprint density at radius 2 is 2.17 bits per heavy atom. The highest BCUT2D eigenvalue weighted by Crippen LogP contribution is 2.30. The van der Waals surface area contributed by atoms with E-state index in [0.29, 0.717) is 5.56 Å². The zero-order valence-corrected chi connectivity index (χ0v) is 16.5. The minimum atomic E-state index is -4.65. The molecule has 0 radical (unpaired) electrons. The van der Waals surface area contributed by atoms with Crippen molar-refractivity contribution in [3.63, 3.8) is 0 Å². The Kier molecular flexibility index (Phi) is 7.23. The number of alkyl halides is 3. The van der Waals surface area contributed by atoms with Gasteiger partial charge in [-0.2, -0.15) is 18.3 Å². The van der Waals surface area contributed by atoms with E-state index in [9.17, 15) is 18.0 Å². The molecule has 29 heavy (non-hydrogen) atoms. The van der Waals surface area contributed by atoms with Gasteiger partial charge in [0.2, 0.25) is 5.91 Å². The van der Waals surface area contributed by atoms with Crippen molar-refractivity contribution in [2.45, 2.75) is 19.5 Å². The van der Waals surface area contributed by atoms with E-state index in [-0.39, 0.29) is 28.5 Å². The SMILES string of the molecule is CC#Cc1cnc(/C(CNC(=O)Cc2cn(C)nc2C(F)(F)F)=N/OC)c(Cl)c1. The van der Waals surface area contributed by atoms with Crippen molar-refractivity contribution < 1.29 is 22.8 Å². The van der Waals surface area contributed by atoms with Crippen LogP contribution in [0.3, 0.4) is 0 Å². The third kappa shape index (κ3) is 5.96. The fraction of sp³-hybridized carbons (Fsp3) is 0.333. The summed E-state index contributed by atoms with van der Waals surface area (Å²) in [6.07, 6.45) is -2.52. The summed E-state index contributed by atoms with van der Waals surface area (Å²) in [4.78, 5) is 21.1. The van der Waals surface area contributed by atoms with E-state index in [1.54, 1.807) is 13.0 Å². The van der Waals surface area contributed by atoms with Crippen LogP contribution < -0.4 is 5.32 Å². The van der Waals surface area contributed by atoms with Gasteiger partial charge in [-0.05, 0) is 13.0 Å². The molecule has 1 N–H and O–H groups in total. The molecule has 0 aromatic carbocycles. The molecule has 0 aliphatic carbocycles. The van der Waals surface area contributed by atoms with Gasteiger partial charge in [0.15, 0.2) is 5.69 Å². The Balaban J connectivity index is 2.13. The van der Waals surface area contributed by atoms with Crippen LogP contribution >= 0.6 is 11.6 Å². The van der Waals surface area contributed by atoms with Crippen molar-refractivity contribution in [1.82, 2.24) is 20.1 Å². The summed E-state index contributed by atoms with van der Waals surface area (Å²) in [5, 5.41) is 9.89. The van der Waals surface area contributed by atoms with Gasteiger partial charge in [-0.1, -0.05) is 22.7 Å². The number of rotatable bonds is 6. The van der Waals surface area contributed by atoms with Crippen molar-refractivity contribution >= 4 is 23.2 Å². The van der Waals surface area contributed by atoms with Gasteiger partial charge in [0, 0.05) is 30.6 Å². The van der Waals surface area contributed by atoms with Gasteiger partial charge < -0.3 is 10.2 Å². The lowest BCUT2D eigenvalue weighted by atomic mass is 10.1. The summed E-state index contributed by atoms with van der Waals surface area (Å²) in [5.74, 6) is 4.87. The van der Waals surface area contributed by atoms with Crippen LogP contribution in [0.4, 0.5) is 13.2 Å². The average molecular weight is 428 g/mol. The number of pyridine rings is 1. The fourth-order valence-electron chi connectivity index (χ4n) is 2.46. The Bertz CT molecular complexity index is 990. The fourth-order valence-corrected chi connectivity index (χ4v) is 2.73. The highest BCUT2D eigenvalue weighted by Gasteiger charge is 2.37. The maximum absolute atomic E-state index is 13.0. The van der Waals surface area contributed by atoms with Crippen LogP contribution in [0.2, 0.25) is 5.02 Å². The molecular weight excluding hydrogens is 411 g/mol. The molecule has 2 rings (SSSR count). The van der Waals surface area contributed by atoms with Crippen LogP contribution in [0, 0.1) is 11.8 Å². The summed E-state index contributed by atoms with van der Waals surface area (Å²) in [5.41, 5.74) is -0.283. The minimum absolute atomic E-state index is 0.153. The second-order valence-corrected chi connectivity index (χ2v) is 6.19.